The zero-order valence-electron chi connectivity index (χ0n) is 20.3. The number of rotatable bonds is 16. The summed E-state index contributed by atoms with van der Waals surface area (Å²) in [5.74, 6) is -1.68. The highest BCUT2D eigenvalue weighted by atomic mass is 16.4. The second kappa shape index (κ2) is 14.6. The van der Waals surface area contributed by atoms with Crippen LogP contribution in [0, 0.1) is 11.8 Å². The highest BCUT2D eigenvalue weighted by Crippen LogP contribution is 2.35. The minimum absolute atomic E-state index is 0.00731. The van der Waals surface area contributed by atoms with Gasteiger partial charge in [-0.05, 0) is 32.1 Å². The second-order valence-corrected chi connectivity index (χ2v) is 9.28. The van der Waals surface area contributed by atoms with E-state index < -0.39 is 18.0 Å². The monoisotopic (exact) mass is 474 g/mol. The molecule has 4 N–H and O–H groups in total. The molecule has 2 aliphatic rings. The molecule has 188 valence electrons. The van der Waals surface area contributed by atoms with Crippen LogP contribution >= 0.6 is 0 Å². The first-order valence-electron chi connectivity index (χ1n) is 12.5. The van der Waals surface area contributed by atoms with E-state index in [-0.39, 0.29) is 36.5 Å². The number of carbonyl (C=O) groups is 3. The molecule has 1 saturated carbocycles. The Morgan fingerprint density at radius 2 is 1.94 bits per heavy atom. The Hall–Kier alpha value is -2.61. The number of Topliss-reactive ketones (excluding diaryl/α,β-unsaturated/α-hetero) is 1. The number of hydrogen-bond donors (Lipinski definition) is 3. The molecule has 1 fully saturated rings. The molecule has 2 unspecified atom stereocenters. The van der Waals surface area contributed by atoms with Crippen molar-refractivity contribution in [3.63, 3.8) is 0 Å². The number of hydrogen-bond acceptors (Lipinski definition) is 5. The van der Waals surface area contributed by atoms with Gasteiger partial charge in [-0.15, -0.1) is 0 Å². The standard InChI is InChI=1S/C26H39N3O5/c1-2-3-4-5-6-9-12-20-21(13-10-7-8-11-14-25(31)32)24(30)16-23(20)29-17-19(28-18-29)15-22(27)26(33)34/h7,9-10,12,17,20-23H,2-6,8,11,13-16,18,27H2,1H3,(H-,31,32,33,34)/p+1/b10-7-,12-9+/t20-,21?,22+,23?/m1/s1. The topological polar surface area (TPSA) is 133 Å². The van der Waals surface area contributed by atoms with Gasteiger partial charge in [-0.25, -0.2) is 9.57 Å². The number of carbonyl (C=O) groups excluding carboxylic acids is 1. The molecule has 0 amide bonds. The molecule has 4 atom stereocenters. The first kappa shape index (κ1) is 27.6. The van der Waals surface area contributed by atoms with Crippen LogP contribution in [-0.4, -0.2) is 63.2 Å². The van der Waals surface area contributed by atoms with E-state index in [1.807, 2.05) is 18.4 Å². The zero-order valence-corrected chi connectivity index (χ0v) is 20.3. The number of carboxylic acid groups (broad SMARTS) is 2. The summed E-state index contributed by atoms with van der Waals surface area (Å²) >= 11 is 0. The molecule has 0 saturated heterocycles. The fourth-order valence-electron chi connectivity index (χ4n) is 4.62. The van der Waals surface area contributed by atoms with Crippen LogP contribution in [0.25, 0.3) is 0 Å². The average molecular weight is 475 g/mol. The molecular weight excluding hydrogens is 434 g/mol. The van der Waals surface area contributed by atoms with Crippen molar-refractivity contribution in [2.24, 2.45) is 22.6 Å². The van der Waals surface area contributed by atoms with E-state index in [0.29, 0.717) is 38.1 Å². The van der Waals surface area contributed by atoms with Gasteiger partial charge in [0.15, 0.2) is 12.3 Å². The number of nitrogens with zero attached hydrogens (tertiary/aromatic N) is 2. The van der Waals surface area contributed by atoms with Gasteiger partial charge in [-0.3, -0.25) is 14.4 Å². The molecule has 8 nitrogen and oxygen atoms in total. The van der Waals surface area contributed by atoms with E-state index in [1.165, 1.54) is 19.3 Å². The van der Waals surface area contributed by atoms with Crippen molar-refractivity contribution in [2.75, 3.05) is 6.67 Å². The van der Waals surface area contributed by atoms with Crippen molar-refractivity contribution >= 4 is 29.6 Å². The van der Waals surface area contributed by atoms with Crippen LogP contribution in [0.5, 0.6) is 0 Å². The van der Waals surface area contributed by atoms with E-state index in [9.17, 15) is 14.4 Å². The third-order valence-corrected chi connectivity index (χ3v) is 6.56. The van der Waals surface area contributed by atoms with E-state index in [2.05, 4.69) is 28.6 Å². The van der Waals surface area contributed by atoms with Crippen LogP contribution in [-0.2, 0) is 14.4 Å². The molecule has 34 heavy (non-hydrogen) atoms. The summed E-state index contributed by atoms with van der Waals surface area (Å²) in [7, 11) is 0. The first-order chi connectivity index (χ1) is 16.3. The fraction of sp³-hybridized carbons (Fsp3) is 0.654. The van der Waals surface area contributed by atoms with Crippen LogP contribution in [0.1, 0.15) is 77.6 Å². The van der Waals surface area contributed by atoms with Crippen LogP contribution in [0.3, 0.4) is 0 Å². The van der Waals surface area contributed by atoms with Crippen molar-refractivity contribution in [3.8, 4) is 0 Å². The summed E-state index contributed by atoms with van der Waals surface area (Å²) in [5.41, 5.74) is 6.32. The summed E-state index contributed by atoms with van der Waals surface area (Å²) < 4.78 is 2.06. The highest BCUT2D eigenvalue weighted by molar-refractivity contribution is 6.30. The van der Waals surface area contributed by atoms with Gasteiger partial charge >= 0.3 is 11.9 Å². The van der Waals surface area contributed by atoms with Crippen molar-refractivity contribution in [1.29, 1.82) is 0 Å². The Balaban J connectivity index is 2.05. The Labute approximate surface area is 202 Å². The SMILES string of the molecule is CCCCCC/C=C/[C@@H]1C(C/C=C\CCCC(=O)O)C(=O)CC1[N+]1=CC(C[C@H](N)C(=O)O)=NC1. The van der Waals surface area contributed by atoms with E-state index >= 15 is 0 Å². The second-order valence-electron chi connectivity index (χ2n) is 9.28. The fourth-order valence-corrected chi connectivity index (χ4v) is 4.62. The number of allylic oxidation sites excluding steroid dienone is 3. The molecule has 0 radical (unpaired) electrons. The third-order valence-electron chi connectivity index (χ3n) is 6.56. The number of aliphatic carboxylic acids is 2. The number of ketones is 1. The van der Waals surface area contributed by atoms with Crippen molar-refractivity contribution in [1.82, 2.24) is 0 Å². The van der Waals surface area contributed by atoms with Crippen molar-refractivity contribution in [2.45, 2.75) is 89.6 Å². The minimum atomic E-state index is -1.05. The summed E-state index contributed by atoms with van der Waals surface area (Å²) in [5, 5.41) is 17.8. The highest BCUT2D eigenvalue weighted by Gasteiger charge is 2.47. The number of carboxylic acids is 2. The van der Waals surface area contributed by atoms with Crippen molar-refractivity contribution < 1.29 is 29.2 Å². The van der Waals surface area contributed by atoms with Gasteiger partial charge in [0.05, 0.1) is 6.42 Å². The number of nitrogens with two attached hydrogens (primary N) is 1. The van der Waals surface area contributed by atoms with Gasteiger partial charge in [0, 0.05) is 24.7 Å². The lowest BCUT2D eigenvalue weighted by atomic mass is 9.89. The normalized spacial score (nSPS) is 23.6. The molecule has 2 rings (SSSR count). The smallest absolute Gasteiger partial charge is 0.320 e. The maximum atomic E-state index is 13.0. The summed E-state index contributed by atoms with van der Waals surface area (Å²) in [4.78, 5) is 39.2. The summed E-state index contributed by atoms with van der Waals surface area (Å²) in [6.07, 6.45) is 18.7. The predicted molar refractivity (Wildman–Crippen MR) is 132 cm³/mol. The van der Waals surface area contributed by atoms with Crippen LogP contribution in [0.4, 0.5) is 0 Å². The molecule has 0 aromatic rings. The molecule has 1 aliphatic heterocycles. The molecule has 0 aromatic heterocycles. The molecular formula is C26H40N3O5+. The maximum Gasteiger partial charge on any atom is 0.320 e. The first-order valence-corrected chi connectivity index (χ1v) is 12.5. The van der Waals surface area contributed by atoms with Gasteiger partial charge in [0.25, 0.3) is 0 Å². The maximum absolute atomic E-state index is 13.0. The summed E-state index contributed by atoms with van der Waals surface area (Å²) in [6.45, 7) is 2.61. The largest absolute Gasteiger partial charge is 0.481 e. The Bertz CT molecular complexity index is 830. The molecule has 0 aromatic carbocycles. The van der Waals surface area contributed by atoms with Gasteiger partial charge in [0.1, 0.15) is 17.5 Å². The lowest BCUT2D eigenvalue weighted by Gasteiger charge is -2.17. The number of aliphatic imine (C=N–C) groups is 1. The van der Waals surface area contributed by atoms with Gasteiger partial charge in [-0.2, -0.15) is 0 Å². The molecule has 0 spiro atoms. The Morgan fingerprint density at radius 3 is 2.65 bits per heavy atom. The van der Waals surface area contributed by atoms with Gasteiger partial charge in [0.2, 0.25) is 6.67 Å². The van der Waals surface area contributed by atoms with E-state index in [4.69, 9.17) is 15.9 Å². The van der Waals surface area contributed by atoms with Gasteiger partial charge in [-0.1, -0.05) is 50.5 Å². The lowest BCUT2D eigenvalue weighted by molar-refractivity contribution is -0.560. The molecule has 0 bridgehead atoms. The minimum Gasteiger partial charge on any atom is -0.481 e. The van der Waals surface area contributed by atoms with E-state index in [0.717, 1.165) is 12.8 Å². The van der Waals surface area contributed by atoms with Crippen LogP contribution < -0.4 is 5.73 Å². The van der Waals surface area contributed by atoms with Gasteiger partial charge < -0.3 is 15.9 Å². The van der Waals surface area contributed by atoms with E-state index in [1.54, 1.807) is 0 Å². The van der Waals surface area contributed by atoms with Crippen molar-refractivity contribution in [3.05, 3.63) is 24.3 Å². The van der Waals surface area contributed by atoms with Crippen LogP contribution in [0.15, 0.2) is 29.3 Å². The third kappa shape index (κ3) is 8.97. The molecule has 8 heteroatoms. The Morgan fingerprint density at radius 1 is 1.18 bits per heavy atom. The number of unbranched alkanes of at least 4 members (excludes halogenated alkanes) is 5. The average Bonchev–Trinajstić information content (AvgIpc) is 3.37. The lowest BCUT2D eigenvalue weighted by Crippen LogP contribution is -2.34. The molecule has 1 heterocycles. The quantitative estimate of drug-likeness (QED) is 0.178. The zero-order chi connectivity index (χ0) is 24.9. The van der Waals surface area contributed by atoms with Crippen LogP contribution in [0.2, 0.25) is 0 Å². The summed E-state index contributed by atoms with van der Waals surface area (Å²) in [6, 6.07) is -0.995. The molecule has 1 aliphatic carbocycles. The Kier molecular flexibility index (Phi) is 11.9. The predicted octanol–water partition coefficient (Wildman–Crippen LogP) is 3.59.